The zero-order valence-electron chi connectivity index (χ0n) is 10.7. The SMILES string of the molecule is CC(=O)Nc1cccc(-c2cc(F)cc(C(=O)O)c2)c1. The van der Waals surface area contributed by atoms with Crippen molar-refractivity contribution in [2.45, 2.75) is 6.92 Å². The van der Waals surface area contributed by atoms with Gasteiger partial charge in [0.05, 0.1) is 5.56 Å². The maximum Gasteiger partial charge on any atom is 0.335 e. The molecule has 2 N–H and O–H groups in total. The molecule has 0 radical (unpaired) electrons. The molecular formula is C15H12FNO3. The van der Waals surface area contributed by atoms with Gasteiger partial charge in [-0.2, -0.15) is 0 Å². The first kappa shape index (κ1) is 13.7. The molecule has 0 aliphatic heterocycles. The van der Waals surface area contributed by atoms with Crippen LogP contribution in [-0.4, -0.2) is 17.0 Å². The van der Waals surface area contributed by atoms with Crippen LogP contribution in [0, 0.1) is 5.82 Å². The Kier molecular flexibility index (Phi) is 3.79. The van der Waals surface area contributed by atoms with Gasteiger partial charge in [0, 0.05) is 12.6 Å². The molecule has 0 aromatic heterocycles. The van der Waals surface area contributed by atoms with Crippen molar-refractivity contribution in [1.29, 1.82) is 0 Å². The summed E-state index contributed by atoms with van der Waals surface area (Å²) in [5.74, 6) is -2.03. The third kappa shape index (κ3) is 3.20. The van der Waals surface area contributed by atoms with Crippen molar-refractivity contribution in [3.05, 3.63) is 53.8 Å². The van der Waals surface area contributed by atoms with Gasteiger partial charge in [-0.25, -0.2) is 9.18 Å². The van der Waals surface area contributed by atoms with Crippen LogP contribution in [0.1, 0.15) is 17.3 Å². The molecule has 0 unspecified atom stereocenters. The highest BCUT2D eigenvalue weighted by Crippen LogP contribution is 2.24. The van der Waals surface area contributed by atoms with Crippen LogP contribution >= 0.6 is 0 Å². The predicted octanol–water partition coefficient (Wildman–Crippen LogP) is 3.15. The molecule has 0 spiro atoms. The molecule has 0 saturated heterocycles. The van der Waals surface area contributed by atoms with Crippen molar-refractivity contribution in [3.8, 4) is 11.1 Å². The van der Waals surface area contributed by atoms with Crippen molar-refractivity contribution < 1.29 is 19.1 Å². The zero-order chi connectivity index (χ0) is 14.7. The monoisotopic (exact) mass is 273 g/mol. The summed E-state index contributed by atoms with van der Waals surface area (Å²) >= 11 is 0. The van der Waals surface area contributed by atoms with E-state index in [1.54, 1.807) is 24.3 Å². The number of hydrogen-bond acceptors (Lipinski definition) is 2. The number of halogens is 1. The topological polar surface area (TPSA) is 66.4 Å². The Balaban J connectivity index is 2.45. The van der Waals surface area contributed by atoms with Crippen molar-refractivity contribution in [2.75, 3.05) is 5.32 Å². The number of aromatic carboxylic acids is 1. The van der Waals surface area contributed by atoms with E-state index in [1.165, 1.54) is 19.1 Å². The van der Waals surface area contributed by atoms with Gasteiger partial charge in [0.2, 0.25) is 5.91 Å². The Morgan fingerprint density at radius 3 is 2.50 bits per heavy atom. The van der Waals surface area contributed by atoms with Crippen LogP contribution in [0.25, 0.3) is 11.1 Å². The first-order valence-corrected chi connectivity index (χ1v) is 5.87. The Labute approximate surface area is 114 Å². The van der Waals surface area contributed by atoms with E-state index in [0.717, 1.165) is 6.07 Å². The minimum atomic E-state index is -1.19. The molecule has 2 aromatic carbocycles. The summed E-state index contributed by atoms with van der Waals surface area (Å²) in [6.45, 7) is 1.39. The van der Waals surface area contributed by atoms with Crippen molar-refractivity contribution in [2.24, 2.45) is 0 Å². The van der Waals surface area contributed by atoms with Gasteiger partial charge in [-0.3, -0.25) is 4.79 Å². The van der Waals surface area contributed by atoms with Gasteiger partial charge in [0.15, 0.2) is 0 Å². The van der Waals surface area contributed by atoms with Gasteiger partial charge < -0.3 is 10.4 Å². The molecule has 0 heterocycles. The van der Waals surface area contributed by atoms with E-state index in [0.29, 0.717) is 16.8 Å². The summed E-state index contributed by atoms with van der Waals surface area (Å²) in [6, 6.07) is 10.4. The number of carboxylic acids is 1. The summed E-state index contributed by atoms with van der Waals surface area (Å²) in [6.07, 6.45) is 0. The summed E-state index contributed by atoms with van der Waals surface area (Å²) in [4.78, 5) is 21.9. The molecule has 2 aromatic rings. The van der Waals surface area contributed by atoms with E-state index in [9.17, 15) is 14.0 Å². The third-order valence-corrected chi connectivity index (χ3v) is 2.66. The molecule has 4 nitrogen and oxygen atoms in total. The number of carbonyl (C=O) groups is 2. The molecule has 2 rings (SSSR count). The summed E-state index contributed by atoms with van der Waals surface area (Å²) in [5.41, 5.74) is 1.51. The number of benzene rings is 2. The lowest BCUT2D eigenvalue weighted by molar-refractivity contribution is -0.114. The Morgan fingerprint density at radius 1 is 1.10 bits per heavy atom. The lowest BCUT2D eigenvalue weighted by atomic mass is 10.0. The van der Waals surface area contributed by atoms with Crippen molar-refractivity contribution >= 4 is 17.6 Å². The number of hydrogen-bond donors (Lipinski definition) is 2. The second-order valence-electron chi connectivity index (χ2n) is 4.30. The summed E-state index contributed by atoms with van der Waals surface area (Å²) in [7, 11) is 0. The lowest BCUT2D eigenvalue weighted by Gasteiger charge is -2.07. The smallest absolute Gasteiger partial charge is 0.335 e. The number of nitrogens with one attached hydrogen (secondary N) is 1. The molecule has 0 aliphatic rings. The van der Waals surface area contributed by atoms with Crippen LogP contribution in [-0.2, 0) is 4.79 Å². The van der Waals surface area contributed by atoms with Crippen LogP contribution in [0.2, 0.25) is 0 Å². The van der Waals surface area contributed by atoms with E-state index in [-0.39, 0.29) is 11.5 Å². The average Bonchev–Trinajstić information content (AvgIpc) is 2.37. The van der Waals surface area contributed by atoms with E-state index in [1.807, 2.05) is 0 Å². The first-order chi connectivity index (χ1) is 9.45. The number of amides is 1. The van der Waals surface area contributed by atoms with Crippen molar-refractivity contribution in [3.63, 3.8) is 0 Å². The number of anilines is 1. The van der Waals surface area contributed by atoms with Crippen molar-refractivity contribution in [1.82, 2.24) is 0 Å². The maximum absolute atomic E-state index is 13.5. The lowest BCUT2D eigenvalue weighted by Crippen LogP contribution is -2.05. The minimum Gasteiger partial charge on any atom is -0.478 e. The molecule has 102 valence electrons. The first-order valence-electron chi connectivity index (χ1n) is 5.87. The van der Waals surface area contributed by atoms with Crippen LogP contribution in [0.5, 0.6) is 0 Å². The van der Waals surface area contributed by atoms with Gasteiger partial charge in [-0.15, -0.1) is 0 Å². The van der Waals surface area contributed by atoms with Crippen LogP contribution in [0.3, 0.4) is 0 Å². The van der Waals surface area contributed by atoms with Gasteiger partial charge in [0.25, 0.3) is 0 Å². The molecule has 20 heavy (non-hydrogen) atoms. The van der Waals surface area contributed by atoms with E-state index in [2.05, 4.69) is 5.32 Å². The number of carboxylic acid groups (broad SMARTS) is 1. The van der Waals surface area contributed by atoms with Gasteiger partial charge in [-0.1, -0.05) is 12.1 Å². The van der Waals surface area contributed by atoms with Crippen LogP contribution < -0.4 is 5.32 Å². The third-order valence-electron chi connectivity index (χ3n) is 2.66. The molecule has 0 aliphatic carbocycles. The fourth-order valence-electron chi connectivity index (χ4n) is 1.86. The maximum atomic E-state index is 13.5. The van der Waals surface area contributed by atoms with Crippen LogP contribution in [0.4, 0.5) is 10.1 Å². The minimum absolute atomic E-state index is 0.120. The molecule has 1 amide bonds. The largest absolute Gasteiger partial charge is 0.478 e. The van der Waals surface area contributed by atoms with Gasteiger partial charge >= 0.3 is 5.97 Å². The Bertz CT molecular complexity index is 683. The number of carbonyl (C=O) groups excluding carboxylic acids is 1. The van der Waals surface area contributed by atoms with E-state index < -0.39 is 11.8 Å². The molecule has 0 saturated carbocycles. The summed E-state index contributed by atoms with van der Waals surface area (Å²) in [5, 5.41) is 11.5. The van der Waals surface area contributed by atoms with Gasteiger partial charge in [-0.05, 0) is 41.5 Å². The second kappa shape index (κ2) is 5.52. The predicted molar refractivity (Wildman–Crippen MR) is 73.1 cm³/mol. The number of rotatable bonds is 3. The van der Waals surface area contributed by atoms with E-state index >= 15 is 0 Å². The summed E-state index contributed by atoms with van der Waals surface area (Å²) < 4.78 is 13.5. The highest BCUT2D eigenvalue weighted by molar-refractivity contribution is 5.91. The van der Waals surface area contributed by atoms with Gasteiger partial charge in [0.1, 0.15) is 5.82 Å². The Hall–Kier alpha value is -2.69. The highest BCUT2D eigenvalue weighted by Gasteiger charge is 2.09. The molecular weight excluding hydrogens is 261 g/mol. The highest BCUT2D eigenvalue weighted by atomic mass is 19.1. The Morgan fingerprint density at radius 2 is 1.85 bits per heavy atom. The molecule has 0 atom stereocenters. The molecule has 0 bridgehead atoms. The normalized spacial score (nSPS) is 10.1. The van der Waals surface area contributed by atoms with Crippen LogP contribution in [0.15, 0.2) is 42.5 Å². The molecule has 0 fully saturated rings. The quantitative estimate of drug-likeness (QED) is 0.902. The average molecular weight is 273 g/mol. The molecule has 5 heteroatoms. The standard InChI is InChI=1S/C15H12FNO3/c1-9(18)17-14-4-2-3-10(8-14)11-5-12(15(19)20)7-13(16)6-11/h2-8H,1H3,(H,17,18)(H,19,20). The fraction of sp³-hybridized carbons (Fsp3) is 0.0667. The fourth-order valence-corrected chi connectivity index (χ4v) is 1.86. The second-order valence-corrected chi connectivity index (χ2v) is 4.30. The zero-order valence-corrected chi connectivity index (χ0v) is 10.7. The van der Waals surface area contributed by atoms with E-state index in [4.69, 9.17) is 5.11 Å².